The monoisotopic (exact) mass is 307 g/mol. The minimum Gasteiger partial charge on any atom is -0.347 e. The van der Waals surface area contributed by atoms with Gasteiger partial charge in [-0.05, 0) is 43.0 Å². The van der Waals surface area contributed by atoms with Crippen molar-refractivity contribution in [3.05, 3.63) is 53.3 Å². The standard InChI is InChI=1S/C17H17N5O/c1-4-18-17-14(8-21-22(17)9-11(2)23)12(3)13-5-6-15-16(7-13)20-10-19-15/h4-8,10,18H,1,9H2,2-3H3. The first kappa shape index (κ1) is 14.9. The minimum absolute atomic E-state index is 0.0397. The lowest BCUT2D eigenvalue weighted by Crippen LogP contribution is -2.12. The molecule has 0 fully saturated rings. The highest BCUT2D eigenvalue weighted by Gasteiger charge is 2.13. The maximum absolute atomic E-state index is 11.4. The van der Waals surface area contributed by atoms with Crippen LogP contribution in [0.1, 0.15) is 19.4 Å². The predicted octanol–water partition coefficient (Wildman–Crippen LogP) is 1.54. The Hall–Kier alpha value is -3.02. The van der Waals surface area contributed by atoms with Crippen molar-refractivity contribution < 1.29 is 4.79 Å². The van der Waals surface area contributed by atoms with Gasteiger partial charge in [-0.2, -0.15) is 5.10 Å². The number of hydrogen-bond acceptors (Lipinski definition) is 5. The number of carbonyl (C=O) groups excluding carboxylic acids is 1. The van der Waals surface area contributed by atoms with Gasteiger partial charge in [-0.3, -0.25) is 4.79 Å². The fraction of sp³-hybridized carbons (Fsp3) is 0.176. The van der Waals surface area contributed by atoms with E-state index in [2.05, 4.69) is 27.0 Å². The Labute approximate surface area is 133 Å². The molecule has 1 N–H and O–H groups in total. The summed E-state index contributed by atoms with van der Waals surface area (Å²) in [5.74, 6) is 0.791. The molecule has 0 atom stereocenters. The number of aliphatic imine (C=N–C) groups is 1. The number of nitrogens with one attached hydrogen (secondary N) is 1. The number of anilines is 1. The summed E-state index contributed by atoms with van der Waals surface area (Å²) >= 11 is 0. The number of rotatable bonds is 5. The van der Waals surface area contributed by atoms with Gasteiger partial charge in [0.25, 0.3) is 0 Å². The largest absolute Gasteiger partial charge is 0.347 e. The summed E-state index contributed by atoms with van der Waals surface area (Å²) in [4.78, 5) is 19.8. The molecular formula is C17H17N5O. The summed E-state index contributed by atoms with van der Waals surface area (Å²) in [7, 11) is 0. The van der Waals surface area contributed by atoms with Gasteiger partial charge >= 0.3 is 0 Å². The number of ketones is 1. The van der Waals surface area contributed by atoms with E-state index in [4.69, 9.17) is 0 Å². The van der Waals surface area contributed by atoms with Gasteiger partial charge in [0.1, 0.15) is 18.7 Å². The van der Waals surface area contributed by atoms with Crippen molar-refractivity contribution in [3.63, 3.8) is 0 Å². The van der Waals surface area contributed by atoms with E-state index in [0.29, 0.717) is 0 Å². The summed E-state index contributed by atoms with van der Waals surface area (Å²) < 4.78 is 1.64. The average molecular weight is 307 g/mol. The fourth-order valence-electron chi connectivity index (χ4n) is 2.52. The van der Waals surface area contributed by atoms with Gasteiger partial charge in [-0.1, -0.05) is 12.6 Å². The molecule has 0 bridgehead atoms. The quantitative estimate of drug-likeness (QED) is 0.911. The molecule has 0 saturated carbocycles. The van der Waals surface area contributed by atoms with Crippen LogP contribution < -0.4 is 15.9 Å². The van der Waals surface area contributed by atoms with Crippen molar-refractivity contribution in [1.82, 2.24) is 9.78 Å². The number of benzene rings is 1. The lowest BCUT2D eigenvalue weighted by atomic mass is 10.1. The summed E-state index contributed by atoms with van der Waals surface area (Å²) in [6, 6.07) is 5.95. The highest BCUT2D eigenvalue weighted by molar-refractivity contribution is 5.78. The summed E-state index contributed by atoms with van der Waals surface area (Å²) in [6.07, 6.45) is 4.89. The molecule has 1 aromatic heterocycles. The minimum atomic E-state index is 0.0397. The van der Waals surface area contributed by atoms with Crippen LogP contribution in [-0.2, 0) is 11.3 Å². The molecule has 0 amide bonds. The van der Waals surface area contributed by atoms with E-state index < -0.39 is 0 Å². The van der Waals surface area contributed by atoms with Gasteiger partial charge in [0.15, 0.2) is 5.78 Å². The van der Waals surface area contributed by atoms with Crippen molar-refractivity contribution >= 4 is 29.2 Å². The highest BCUT2D eigenvalue weighted by atomic mass is 16.1. The maximum atomic E-state index is 11.4. The average Bonchev–Trinajstić information content (AvgIpc) is 3.13. The summed E-state index contributed by atoms with van der Waals surface area (Å²) in [5, 5.41) is 9.29. The van der Waals surface area contributed by atoms with Crippen molar-refractivity contribution in [3.8, 4) is 0 Å². The Kier molecular flexibility index (Phi) is 3.89. The Balaban J connectivity index is 2.14. The van der Waals surface area contributed by atoms with Crippen molar-refractivity contribution in [2.75, 3.05) is 5.32 Å². The van der Waals surface area contributed by atoms with Crippen LogP contribution in [0.25, 0.3) is 5.57 Å². The molecule has 3 rings (SSSR count). The third kappa shape index (κ3) is 2.83. The van der Waals surface area contributed by atoms with E-state index in [0.717, 1.165) is 33.2 Å². The normalized spacial score (nSPS) is 13.3. The van der Waals surface area contributed by atoms with Crippen LogP contribution in [0.15, 0.2) is 47.2 Å². The third-order valence-electron chi connectivity index (χ3n) is 3.66. The van der Waals surface area contributed by atoms with E-state index >= 15 is 0 Å². The second-order valence-corrected chi connectivity index (χ2v) is 5.32. The van der Waals surface area contributed by atoms with Crippen LogP contribution in [0, 0.1) is 0 Å². The molecule has 0 unspecified atom stereocenters. The molecular weight excluding hydrogens is 290 g/mol. The molecule has 116 valence electrons. The van der Waals surface area contributed by atoms with Crippen LogP contribution in [0.5, 0.6) is 0 Å². The molecule has 1 aliphatic heterocycles. The van der Waals surface area contributed by atoms with E-state index in [-0.39, 0.29) is 12.3 Å². The lowest BCUT2D eigenvalue weighted by Gasteiger charge is -2.08. The molecule has 2 aromatic rings. The van der Waals surface area contributed by atoms with E-state index in [1.807, 2.05) is 25.1 Å². The first-order chi connectivity index (χ1) is 11.1. The Bertz CT molecular complexity index is 936. The number of carbonyl (C=O) groups is 1. The molecule has 0 saturated heterocycles. The van der Waals surface area contributed by atoms with Crippen molar-refractivity contribution in [1.29, 1.82) is 0 Å². The number of hydrogen-bond donors (Lipinski definition) is 1. The van der Waals surface area contributed by atoms with Gasteiger partial charge < -0.3 is 5.32 Å². The Morgan fingerprint density at radius 1 is 1.39 bits per heavy atom. The van der Waals surface area contributed by atoms with Gasteiger partial charge in [-0.15, -0.1) is 0 Å². The van der Waals surface area contributed by atoms with Crippen molar-refractivity contribution in [2.24, 2.45) is 9.98 Å². The third-order valence-corrected chi connectivity index (χ3v) is 3.66. The predicted molar refractivity (Wildman–Crippen MR) is 90.3 cm³/mol. The topological polar surface area (TPSA) is 71.6 Å². The second-order valence-electron chi connectivity index (χ2n) is 5.32. The second kappa shape index (κ2) is 6.00. The van der Waals surface area contributed by atoms with E-state index in [1.54, 1.807) is 23.4 Å². The van der Waals surface area contributed by atoms with E-state index in [1.165, 1.54) is 6.92 Å². The molecule has 6 nitrogen and oxygen atoms in total. The molecule has 0 radical (unpaired) electrons. The SMILES string of the molecule is C=CNc1c(C(C)=c2ccc3c(c2)N=CN=3)cnn1CC(C)=O. The Morgan fingerprint density at radius 3 is 2.96 bits per heavy atom. The van der Waals surface area contributed by atoms with Gasteiger partial charge in [0.2, 0.25) is 0 Å². The first-order valence-corrected chi connectivity index (χ1v) is 7.24. The van der Waals surface area contributed by atoms with Gasteiger partial charge in [-0.25, -0.2) is 14.7 Å². The zero-order chi connectivity index (χ0) is 16.4. The zero-order valence-electron chi connectivity index (χ0n) is 13.1. The number of fused-ring (bicyclic) bond motifs is 1. The summed E-state index contributed by atoms with van der Waals surface area (Å²) in [6.45, 7) is 7.47. The first-order valence-electron chi connectivity index (χ1n) is 7.24. The van der Waals surface area contributed by atoms with Crippen LogP contribution in [0.4, 0.5) is 11.5 Å². The van der Waals surface area contributed by atoms with Crippen LogP contribution in [-0.4, -0.2) is 21.9 Å². The fourth-order valence-corrected chi connectivity index (χ4v) is 2.52. The van der Waals surface area contributed by atoms with E-state index in [9.17, 15) is 4.79 Å². The number of nitrogens with zero attached hydrogens (tertiary/aromatic N) is 4. The van der Waals surface area contributed by atoms with Crippen LogP contribution in [0.3, 0.4) is 0 Å². The van der Waals surface area contributed by atoms with Gasteiger partial charge in [0, 0.05) is 5.56 Å². The van der Waals surface area contributed by atoms with Gasteiger partial charge in [0.05, 0.1) is 17.2 Å². The van der Waals surface area contributed by atoms with Crippen molar-refractivity contribution in [2.45, 2.75) is 20.4 Å². The van der Waals surface area contributed by atoms with Crippen LogP contribution in [0.2, 0.25) is 0 Å². The molecule has 6 heteroatoms. The number of aromatic nitrogens is 2. The molecule has 0 aliphatic carbocycles. The molecule has 1 aliphatic rings. The maximum Gasteiger partial charge on any atom is 0.151 e. The van der Waals surface area contributed by atoms with Crippen LogP contribution >= 0.6 is 0 Å². The smallest absolute Gasteiger partial charge is 0.151 e. The molecule has 1 aromatic carbocycles. The molecule has 2 heterocycles. The highest BCUT2D eigenvalue weighted by Crippen LogP contribution is 2.22. The summed E-state index contributed by atoms with van der Waals surface area (Å²) in [5.41, 5.74) is 2.82. The molecule has 0 spiro atoms. The molecule has 23 heavy (non-hydrogen) atoms. The zero-order valence-corrected chi connectivity index (χ0v) is 13.1. The number of Topliss-reactive ketones (excluding diaryl/α,β-unsaturated/α-hetero) is 1. The Morgan fingerprint density at radius 2 is 2.22 bits per heavy atom. The lowest BCUT2D eigenvalue weighted by molar-refractivity contribution is -0.117.